The quantitative estimate of drug-likeness (QED) is 0.488. The Morgan fingerprint density at radius 2 is 1.59 bits per heavy atom. The van der Waals surface area contributed by atoms with Crippen LogP contribution in [0.3, 0.4) is 0 Å². The molecule has 3 aromatic carbocycles. The Bertz CT molecular complexity index is 1130. The topological polar surface area (TPSA) is 93.7 Å². The Balaban J connectivity index is 1.87. The standard InChI is InChI=1S/C24H26N2O5S/c1-3-31-23-12-8-7-11-21(23)25-24(27)22(17-18-9-5-4-6-10-18)26-32(28,29)20-15-13-19(30-2)14-16-20/h4-16,22,26H,3,17H2,1-2H3,(H,25,27). The maximum atomic E-state index is 13.2. The molecular formula is C24H26N2O5S. The van der Waals surface area contributed by atoms with Crippen LogP contribution in [0.15, 0.2) is 83.8 Å². The highest BCUT2D eigenvalue weighted by atomic mass is 32.2. The van der Waals surface area contributed by atoms with Crippen molar-refractivity contribution in [2.45, 2.75) is 24.3 Å². The van der Waals surface area contributed by atoms with E-state index in [1.54, 1.807) is 36.4 Å². The maximum Gasteiger partial charge on any atom is 0.243 e. The third kappa shape index (κ3) is 6.09. The largest absolute Gasteiger partial charge is 0.497 e. The molecule has 0 saturated carbocycles. The van der Waals surface area contributed by atoms with Crippen LogP contribution in [-0.4, -0.2) is 34.1 Å². The molecule has 7 nitrogen and oxygen atoms in total. The van der Waals surface area contributed by atoms with Crippen molar-refractivity contribution in [3.05, 3.63) is 84.4 Å². The van der Waals surface area contributed by atoms with Crippen molar-refractivity contribution in [3.8, 4) is 11.5 Å². The van der Waals surface area contributed by atoms with Crippen molar-refractivity contribution in [3.63, 3.8) is 0 Å². The number of ether oxygens (including phenoxy) is 2. The van der Waals surface area contributed by atoms with Crippen LogP contribution in [0.25, 0.3) is 0 Å². The van der Waals surface area contributed by atoms with Crippen molar-refractivity contribution in [1.82, 2.24) is 4.72 Å². The van der Waals surface area contributed by atoms with Gasteiger partial charge in [-0.15, -0.1) is 0 Å². The monoisotopic (exact) mass is 454 g/mol. The van der Waals surface area contributed by atoms with Gasteiger partial charge in [0.05, 0.1) is 24.3 Å². The van der Waals surface area contributed by atoms with Gasteiger partial charge in [0, 0.05) is 0 Å². The second kappa shape index (κ2) is 10.8. The number of rotatable bonds is 10. The summed E-state index contributed by atoms with van der Waals surface area (Å²) in [4.78, 5) is 13.2. The molecule has 168 valence electrons. The second-order valence-corrected chi connectivity index (χ2v) is 8.67. The lowest BCUT2D eigenvalue weighted by atomic mass is 10.1. The Morgan fingerprint density at radius 3 is 2.25 bits per heavy atom. The maximum absolute atomic E-state index is 13.2. The van der Waals surface area contributed by atoms with Gasteiger partial charge in [0.2, 0.25) is 15.9 Å². The SMILES string of the molecule is CCOc1ccccc1NC(=O)C(Cc1ccccc1)NS(=O)(=O)c1ccc(OC)cc1. The fourth-order valence-electron chi connectivity index (χ4n) is 3.12. The molecule has 0 aromatic heterocycles. The zero-order valence-corrected chi connectivity index (χ0v) is 18.8. The molecule has 0 fully saturated rings. The molecule has 3 rings (SSSR count). The molecule has 0 aliphatic rings. The molecule has 1 atom stereocenters. The Morgan fingerprint density at radius 1 is 0.938 bits per heavy atom. The normalized spacial score (nSPS) is 12.1. The minimum atomic E-state index is -3.96. The van der Waals surface area contributed by atoms with Crippen LogP contribution in [0.5, 0.6) is 11.5 Å². The van der Waals surface area contributed by atoms with Crippen LogP contribution in [0, 0.1) is 0 Å². The summed E-state index contributed by atoms with van der Waals surface area (Å²) in [7, 11) is -2.46. The summed E-state index contributed by atoms with van der Waals surface area (Å²) in [5.41, 5.74) is 1.30. The summed E-state index contributed by atoms with van der Waals surface area (Å²) in [6.45, 7) is 2.28. The second-order valence-electron chi connectivity index (χ2n) is 6.96. The van der Waals surface area contributed by atoms with Gasteiger partial charge in [-0.3, -0.25) is 4.79 Å². The number of amides is 1. The number of nitrogens with one attached hydrogen (secondary N) is 2. The van der Waals surface area contributed by atoms with Gasteiger partial charge >= 0.3 is 0 Å². The number of hydrogen-bond donors (Lipinski definition) is 2. The van der Waals surface area contributed by atoms with E-state index in [2.05, 4.69) is 10.0 Å². The van der Waals surface area contributed by atoms with E-state index in [0.717, 1.165) is 5.56 Å². The molecule has 2 N–H and O–H groups in total. The zero-order valence-electron chi connectivity index (χ0n) is 17.9. The van der Waals surface area contributed by atoms with Crippen molar-refractivity contribution >= 4 is 21.6 Å². The minimum Gasteiger partial charge on any atom is -0.497 e. The predicted molar refractivity (Wildman–Crippen MR) is 123 cm³/mol. The van der Waals surface area contributed by atoms with E-state index >= 15 is 0 Å². The van der Waals surface area contributed by atoms with Crippen LogP contribution < -0.4 is 19.5 Å². The highest BCUT2D eigenvalue weighted by molar-refractivity contribution is 7.89. The zero-order chi connectivity index (χ0) is 23.0. The van der Waals surface area contributed by atoms with Crippen molar-refractivity contribution < 1.29 is 22.7 Å². The first-order valence-corrected chi connectivity index (χ1v) is 11.6. The highest BCUT2D eigenvalue weighted by Crippen LogP contribution is 2.24. The minimum absolute atomic E-state index is 0.0406. The van der Waals surface area contributed by atoms with Crippen molar-refractivity contribution in [2.24, 2.45) is 0 Å². The van der Waals surface area contributed by atoms with Gasteiger partial charge in [0.25, 0.3) is 0 Å². The van der Waals surface area contributed by atoms with E-state index in [0.29, 0.717) is 23.8 Å². The van der Waals surface area contributed by atoms with E-state index in [4.69, 9.17) is 9.47 Å². The lowest BCUT2D eigenvalue weighted by Gasteiger charge is -2.20. The molecule has 0 aliphatic heterocycles. The molecular weight excluding hydrogens is 428 g/mol. The molecule has 8 heteroatoms. The number of methoxy groups -OCH3 is 1. The average molecular weight is 455 g/mol. The molecule has 0 spiro atoms. The third-order valence-electron chi connectivity index (χ3n) is 4.71. The predicted octanol–water partition coefficient (Wildman–Crippen LogP) is 3.62. The molecule has 3 aromatic rings. The lowest BCUT2D eigenvalue weighted by molar-refractivity contribution is -0.117. The first kappa shape index (κ1) is 23.3. The number of hydrogen-bond acceptors (Lipinski definition) is 5. The van der Waals surface area contributed by atoms with Gasteiger partial charge in [-0.2, -0.15) is 4.72 Å². The molecule has 1 unspecified atom stereocenters. The number of carbonyl (C=O) groups excluding carboxylic acids is 1. The number of carbonyl (C=O) groups is 1. The summed E-state index contributed by atoms with van der Waals surface area (Å²) in [6, 6.07) is 21.2. The van der Waals surface area contributed by atoms with Gasteiger partial charge in [0.15, 0.2) is 0 Å². The summed E-state index contributed by atoms with van der Waals surface area (Å²) < 4.78 is 39.2. The van der Waals surface area contributed by atoms with E-state index in [-0.39, 0.29) is 11.3 Å². The first-order valence-electron chi connectivity index (χ1n) is 10.2. The van der Waals surface area contributed by atoms with Gasteiger partial charge in [-0.1, -0.05) is 42.5 Å². The van der Waals surface area contributed by atoms with Gasteiger partial charge < -0.3 is 14.8 Å². The van der Waals surface area contributed by atoms with E-state index < -0.39 is 22.0 Å². The van der Waals surface area contributed by atoms with Gasteiger partial charge in [-0.05, 0) is 55.3 Å². The number of benzene rings is 3. The summed E-state index contributed by atoms with van der Waals surface area (Å²) in [6.07, 6.45) is 0.179. The number of para-hydroxylation sites is 2. The Hall–Kier alpha value is -3.36. The van der Waals surface area contributed by atoms with E-state index in [1.807, 2.05) is 37.3 Å². The lowest BCUT2D eigenvalue weighted by Crippen LogP contribution is -2.45. The average Bonchev–Trinajstić information content (AvgIpc) is 2.80. The van der Waals surface area contributed by atoms with Crippen LogP contribution in [0.2, 0.25) is 0 Å². The molecule has 0 radical (unpaired) electrons. The highest BCUT2D eigenvalue weighted by Gasteiger charge is 2.27. The summed E-state index contributed by atoms with van der Waals surface area (Å²) in [5, 5.41) is 2.80. The van der Waals surface area contributed by atoms with Gasteiger partial charge in [0.1, 0.15) is 17.5 Å². The number of sulfonamides is 1. The smallest absolute Gasteiger partial charge is 0.243 e. The molecule has 0 aliphatic carbocycles. The van der Waals surface area contributed by atoms with Crippen LogP contribution >= 0.6 is 0 Å². The van der Waals surface area contributed by atoms with Gasteiger partial charge in [-0.25, -0.2) is 8.42 Å². The van der Waals surface area contributed by atoms with Crippen LogP contribution in [0.1, 0.15) is 12.5 Å². The van der Waals surface area contributed by atoms with Crippen molar-refractivity contribution in [2.75, 3.05) is 19.0 Å². The van der Waals surface area contributed by atoms with E-state index in [1.165, 1.54) is 19.2 Å². The Kier molecular flexibility index (Phi) is 7.86. The summed E-state index contributed by atoms with van der Waals surface area (Å²) >= 11 is 0. The third-order valence-corrected chi connectivity index (χ3v) is 6.20. The molecule has 0 heterocycles. The fraction of sp³-hybridized carbons (Fsp3) is 0.208. The van der Waals surface area contributed by atoms with E-state index in [9.17, 15) is 13.2 Å². The Labute approximate surface area is 188 Å². The molecule has 32 heavy (non-hydrogen) atoms. The first-order chi connectivity index (χ1) is 15.4. The fourth-order valence-corrected chi connectivity index (χ4v) is 4.31. The number of anilines is 1. The molecule has 0 bridgehead atoms. The van der Waals surface area contributed by atoms with Crippen LogP contribution in [0.4, 0.5) is 5.69 Å². The van der Waals surface area contributed by atoms with Crippen LogP contribution in [-0.2, 0) is 21.2 Å². The summed E-state index contributed by atoms with van der Waals surface area (Å²) in [5.74, 6) is 0.563. The molecule has 0 saturated heterocycles. The van der Waals surface area contributed by atoms with Crippen molar-refractivity contribution in [1.29, 1.82) is 0 Å². The molecule has 1 amide bonds.